The number of rotatable bonds is 3. The standard InChI is InChI=1S/C13H18ClN/c1-15-13-8-4-6-11(13)9-10-5-2-3-7-12(10)14/h2-3,5,7,11,13,15H,4,6,8-9H2,1H3. The summed E-state index contributed by atoms with van der Waals surface area (Å²) in [4.78, 5) is 0. The Hall–Kier alpha value is -0.530. The average Bonchev–Trinajstić information content (AvgIpc) is 2.69. The van der Waals surface area contributed by atoms with Gasteiger partial charge >= 0.3 is 0 Å². The van der Waals surface area contributed by atoms with E-state index in [2.05, 4.69) is 24.5 Å². The van der Waals surface area contributed by atoms with Crippen LogP contribution in [0.25, 0.3) is 0 Å². The van der Waals surface area contributed by atoms with Crippen LogP contribution in [-0.2, 0) is 6.42 Å². The highest BCUT2D eigenvalue weighted by atomic mass is 35.5. The molecular weight excluding hydrogens is 206 g/mol. The Morgan fingerprint density at radius 1 is 1.33 bits per heavy atom. The lowest BCUT2D eigenvalue weighted by Gasteiger charge is -2.19. The van der Waals surface area contributed by atoms with Crippen LogP contribution < -0.4 is 5.32 Å². The highest BCUT2D eigenvalue weighted by Crippen LogP contribution is 2.30. The van der Waals surface area contributed by atoms with Crippen molar-refractivity contribution >= 4 is 11.6 Å². The van der Waals surface area contributed by atoms with Gasteiger partial charge in [-0.15, -0.1) is 0 Å². The topological polar surface area (TPSA) is 12.0 Å². The van der Waals surface area contributed by atoms with Crippen LogP contribution in [0.4, 0.5) is 0 Å². The van der Waals surface area contributed by atoms with E-state index in [0.29, 0.717) is 6.04 Å². The lowest BCUT2D eigenvalue weighted by molar-refractivity contribution is 0.423. The molecule has 1 N–H and O–H groups in total. The van der Waals surface area contributed by atoms with Gasteiger partial charge in [-0.05, 0) is 43.9 Å². The lowest BCUT2D eigenvalue weighted by Crippen LogP contribution is -2.30. The molecule has 1 aromatic rings. The summed E-state index contributed by atoms with van der Waals surface area (Å²) in [5, 5.41) is 4.33. The van der Waals surface area contributed by atoms with Gasteiger partial charge in [0, 0.05) is 11.1 Å². The second-order valence-electron chi connectivity index (χ2n) is 4.38. The van der Waals surface area contributed by atoms with Gasteiger partial charge in [-0.1, -0.05) is 36.2 Å². The van der Waals surface area contributed by atoms with Gasteiger partial charge in [-0.25, -0.2) is 0 Å². The summed E-state index contributed by atoms with van der Waals surface area (Å²) in [5.41, 5.74) is 1.30. The zero-order chi connectivity index (χ0) is 10.7. The van der Waals surface area contributed by atoms with Crippen LogP contribution in [0.2, 0.25) is 5.02 Å². The Balaban J connectivity index is 2.05. The van der Waals surface area contributed by atoms with Gasteiger partial charge < -0.3 is 5.32 Å². The summed E-state index contributed by atoms with van der Waals surface area (Å²) < 4.78 is 0. The van der Waals surface area contributed by atoms with E-state index in [1.54, 1.807) is 0 Å². The van der Waals surface area contributed by atoms with Crippen LogP contribution in [0.3, 0.4) is 0 Å². The van der Waals surface area contributed by atoms with Crippen LogP contribution in [0, 0.1) is 5.92 Å². The highest BCUT2D eigenvalue weighted by molar-refractivity contribution is 6.31. The molecular formula is C13H18ClN. The van der Waals surface area contributed by atoms with Gasteiger partial charge in [0.15, 0.2) is 0 Å². The predicted octanol–water partition coefficient (Wildman–Crippen LogP) is 3.27. The van der Waals surface area contributed by atoms with Crippen molar-refractivity contribution in [2.75, 3.05) is 7.05 Å². The maximum Gasteiger partial charge on any atom is 0.0438 e. The first kappa shape index (κ1) is 11.0. The Kier molecular flexibility index (Phi) is 3.66. The number of hydrogen-bond acceptors (Lipinski definition) is 1. The molecule has 1 nitrogen and oxygen atoms in total. The van der Waals surface area contributed by atoms with Crippen LogP contribution in [0.1, 0.15) is 24.8 Å². The minimum absolute atomic E-state index is 0.682. The van der Waals surface area contributed by atoms with Crippen molar-refractivity contribution in [1.82, 2.24) is 5.32 Å². The molecule has 15 heavy (non-hydrogen) atoms. The molecule has 1 aliphatic rings. The monoisotopic (exact) mass is 223 g/mol. The summed E-state index contributed by atoms with van der Waals surface area (Å²) in [5.74, 6) is 0.759. The summed E-state index contributed by atoms with van der Waals surface area (Å²) in [7, 11) is 2.07. The summed E-state index contributed by atoms with van der Waals surface area (Å²) in [6.07, 6.45) is 5.11. The number of benzene rings is 1. The molecule has 2 rings (SSSR count). The molecule has 1 fully saturated rings. The molecule has 0 aliphatic heterocycles. The molecule has 0 bridgehead atoms. The molecule has 0 saturated heterocycles. The molecule has 0 spiro atoms. The normalized spacial score (nSPS) is 25.7. The van der Waals surface area contributed by atoms with Crippen LogP contribution >= 0.6 is 11.6 Å². The SMILES string of the molecule is CNC1CCCC1Cc1ccccc1Cl. The molecule has 1 aromatic carbocycles. The molecule has 0 amide bonds. The fraction of sp³-hybridized carbons (Fsp3) is 0.538. The fourth-order valence-electron chi connectivity index (χ4n) is 2.61. The molecule has 0 heterocycles. The van der Waals surface area contributed by atoms with Gasteiger partial charge in [-0.2, -0.15) is 0 Å². The number of nitrogens with one attached hydrogen (secondary N) is 1. The van der Waals surface area contributed by atoms with Crippen molar-refractivity contribution in [3.8, 4) is 0 Å². The van der Waals surface area contributed by atoms with Gasteiger partial charge in [0.2, 0.25) is 0 Å². The van der Waals surface area contributed by atoms with Crippen LogP contribution in [0.15, 0.2) is 24.3 Å². The third-order valence-corrected chi connectivity index (χ3v) is 3.84. The van der Waals surface area contributed by atoms with E-state index in [1.165, 1.54) is 24.8 Å². The first-order valence-electron chi connectivity index (χ1n) is 5.72. The van der Waals surface area contributed by atoms with E-state index in [4.69, 9.17) is 11.6 Å². The van der Waals surface area contributed by atoms with E-state index in [9.17, 15) is 0 Å². The summed E-state index contributed by atoms with van der Waals surface area (Å²) >= 11 is 6.17. The quantitative estimate of drug-likeness (QED) is 0.830. The molecule has 1 aliphatic carbocycles. The first-order chi connectivity index (χ1) is 7.31. The maximum absolute atomic E-state index is 6.17. The van der Waals surface area contributed by atoms with Crippen molar-refractivity contribution < 1.29 is 0 Å². The zero-order valence-corrected chi connectivity index (χ0v) is 9.93. The van der Waals surface area contributed by atoms with Crippen molar-refractivity contribution in [2.45, 2.75) is 31.7 Å². The summed E-state index contributed by atoms with van der Waals surface area (Å²) in [6, 6.07) is 8.88. The third kappa shape index (κ3) is 2.53. The average molecular weight is 224 g/mol. The van der Waals surface area contributed by atoms with Gasteiger partial charge in [-0.3, -0.25) is 0 Å². The Morgan fingerprint density at radius 3 is 2.87 bits per heavy atom. The van der Waals surface area contributed by atoms with E-state index in [0.717, 1.165) is 17.4 Å². The smallest absolute Gasteiger partial charge is 0.0438 e. The fourth-order valence-corrected chi connectivity index (χ4v) is 2.82. The largest absolute Gasteiger partial charge is 0.317 e. The zero-order valence-electron chi connectivity index (χ0n) is 9.17. The molecule has 82 valence electrons. The molecule has 0 aromatic heterocycles. The third-order valence-electron chi connectivity index (χ3n) is 3.47. The molecule has 2 atom stereocenters. The van der Waals surface area contributed by atoms with Gasteiger partial charge in [0.05, 0.1) is 0 Å². The van der Waals surface area contributed by atoms with Crippen molar-refractivity contribution in [3.63, 3.8) is 0 Å². The number of halogens is 1. The summed E-state index contributed by atoms with van der Waals surface area (Å²) in [6.45, 7) is 0. The Bertz CT molecular complexity index is 324. The second kappa shape index (κ2) is 5.00. The second-order valence-corrected chi connectivity index (χ2v) is 4.79. The first-order valence-corrected chi connectivity index (χ1v) is 6.09. The van der Waals surface area contributed by atoms with E-state index in [-0.39, 0.29) is 0 Å². The highest BCUT2D eigenvalue weighted by Gasteiger charge is 2.26. The van der Waals surface area contributed by atoms with Crippen LogP contribution in [0.5, 0.6) is 0 Å². The predicted molar refractivity (Wildman–Crippen MR) is 65.3 cm³/mol. The van der Waals surface area contributed by atoms with Crippen molar-refractivity contribution in [2.24, 2.45) is 5.92 Å². The van der Waals surface area contributed by atoms with E-state index >= 15 is 0 Å². The maximum atomic E-state index is 6.17. The Labute approximate surface area is 96.8 Å². The lowest BCUT2D eigenvalue weighted by atomic mass is 9.95. The van der Waals surface area contributed by atoms with Gasteiger partial charge in [0.1, 0.15) is 0 Å². The van der Waals surface area contributed by atoms with E-state index in [1.807, 2.05) is 12.1 Å². The molecule has 2 unspecified atom stereocenters. The van der Waals surface area contributed by atoms with Crippen molar-refractivity contribution in [3.05, 3.63) is 34.9 Å². The molecule has 0 radical (unpaired) electrons. The van der Waals surface area contributed by atoms with Crippen LogP contribution in [-0.4, -0.2) is 13.1 Å². The van der Waals surface area contributed by atoms with E-state index < -0.39 is 0 Å². The number of hydrogen-bond donors (Lipinski definition) is 1. The minimum atomic E-state index is 0.682. The Morgan fingerprint density at radius 2 is 2.13 bits per heavy atom. The molecule has 1 saturated carbocycles. The minimum Gasteiger partial charge on any atom is -0.317 e. The van der Waals surface area contributed by atoms with Gasteiger partial charge in [0.25, 0.3) is 0 Å². The van der Waals surface area contributed by atoms with Crippen molar-refractivity contribution in [1.29, 1.82) is 0 Å². The molecule has 2 heteroatoms.